The summed E-state index contributed by atoms with van der Waals surface area (Å²) >= 11 is 0. The lowest BCUT2D eigenvalue weighted by atomic mass is 9.76. The minimum atomic E-state index is -0.340. The van der Waals surface area contributed by atoms with E-state index in [9.17, 15) is 4.79 Å². The molecule has 0 radical (unpaired) electrons. The fraction of sp³-hybridized carbons (Fsp3) is 0.417. The van der Waals surface area contributed by atoms with Gasteiger partial charge in [0.2, 0.25) is 5.91 Å². The van der Waals surface area contributed by atoms with Crippen molar-refractivity contribution in [2.45, 2.75) is 26.7 Å². The van der Waals surface area contributed by atoms with Crippen LogP contribution >= 0.6 is 0 Å². The van der Waals surface area contributed by atoms with Gasteiger partial charge in [-0.2, -0.15) is 0 Å². The largest absolute Gasteiger partial charge is 0.508 e. The van der Waals surface area contributed by atoms with Gasteiger partial charge in [-0.15, -0.1) is 0 Å². The molecule has 0 aliphatic heterocycles. The van der Waals surface area contributed by atoms with E-state index in [1.165, 1.54) is 0 Å². The summed E-state index contributed by atoms with van der Waals surface area (Å²) in [7, 11) is 0. The maximum Gasteiger partial charge on any atom is 0.225 e. The van der Waals surface area contributed by atoms with Crippen molar-refractivity contribution in [2.24, 2.45) is 11.1 Å². The number of carbonyl (C=O) groups excluding carboxylic acids is 1. The van der Waals surface area contributed by atoms with E-state index >= 15 is 0 Å². The Bertz CT molecular complexity index is 349. The van der Waals surface area contributed by atoms with E-state index in [0.717, 1.165) is 5.56 Å². The number of hydrogen-bond donors (Lipinski definition) is 2. The first-order chi connectivity index (χ1) is 6.82. The SMILES string of the molecule is CC(C)(C)[C@@H](C(N)=O)c1ccc(O)cc1. The number of phenolic OH excluding ortho intramolecular Hbond substituents is 1. The topological polar surface area (TPSA) is 63.3 Å². The Balaban J connectivity index is 3.11. The van der Waals surface area contributed by atoms with Crippen LogP contribution in [0.15, 0.2) is 24.3 Å². The minimum Gasteiger partial charge on any atom is -0.508 e. The zero-order valence-corrected chi connectivity index (χ0v) is 9.32. The van der Waals surface area contributed by atoms with E-state index in [1.54, 1.807) is 24.3 Å². The molecule has 3 nitrogen and oxygen atoms in total. The highest BCUT2D eigenvalue weighted by atomic mass is 16.3. The molecule has 15 heavy (non-hydrogen) atoms. The maximum atomic E-state index is 11.4. The summed E-state index contributed by atoms with van der Waals surface area (Å²) in [5.74, 6) is -0.484. The van der Waals surface area contributed by atoms with Gasteiger partial charge in [-0.25, -0.2) is 0 Å². The van der Waals surface area contributed by atoms with Gasteiger partial charge in [-0.3, -0.25) is 4.79 Å². The van der Waals surface area contributed by atoms with Crippen LogP contribution in [0.1, 0.15) is 32.3 Å². The molecule has 0 bridgehead atoms. The molecule has 1 rings (SSSR count). The van der Waals surface area contributed by atoms with E-state index < -0.39 is 0 Å². The molecule has 1 atom stereocenters. The number of benzene rings is 1. The van der Waals surface area contributed by atoms with E-state index in [0.29, 0.717) is 0 Å². The number of rotatable bonds is 2. The molecular weight excluding hydrogens is 190 g/mol. The van der Waals surface area contributed by atoms with Gasteiger partial charge in [-0.05, 0) is 23.1 Å². The average molecular weight is 207 g/mol. The molecule has 1 aromatic rings. The van der Waals surface area contributed by atoms with Gasteiger partial charge in [0.15, 0.2) is 0 Å². The standard InChI is InChI=1S/C12H17NO2/c1-12(2,3)10(11(13)15)8-4-6-9(14)7-5-8/h4-7,10,14H,1-3H3,(H2,13,15)/t10-/m1/s1. The van der Waals surface area contributed by atoms with Crippen LogP contribution < -0.4 is 5.73 Å². The first-order valence-electron chi connectivity index (χ1n) is 4.90. The quantitative estimate of drug-likeness (QED) is 0.779. The Morgan fingerprint density at radius 1 is 1.27 bits per heavy atom. The second kappa shape index (κ2) is 3.93. The second-order valence-corrected chi connectivity index (χ2v) is 4.79. The molecule has 0 aliphatic rings. The van der Waals surface area contributed by atoms with Crippen molar-refractivity contribution in [1.29, 1.82) is 0 Å². The summed E-state index contributed by atoms with van der Waals surface area (Å²) in [6.07, 6.45) is 0. The van der Waals surface area contributed by atoms with Crippen LogP contribution in [-0.2, 0) is 4.79 Å². The van der Waals surface area contributed by atoms with E-state index in [4.69, 9.17) is 10.8 Å². The fourth-order valence-electron chi connectivity index (χ4n) is 1.76. The summed E-state index contributed by atoms with van der Waals surface area (Å²) in [5.41, 5.74) is 6.01. The number of amides is 1. The third-order valence-electron chi connectivity index (χ3n) is 2.38. The maximum absolute atomic E-state index is 11.4. The molecular formula is C12H17NO2. The number of hydrogen-bond acceptors (Lipinski definition) is 2. The third kappa shape index (κ3) is 2.72. The zero-order valence-electron chi connectivity index (χ0n) is 9.32. The molecule has 0 heterocycles. The van der Waals surface area contributed by atoms with Crippen LogP contribution in [0.5, 0.6) is 5.75 Å². The van der Waals surface area contributed by atoms with Crippen LogP contribution in [0, 0.1) is 5.41 Å². The Kier molecular flexibility index (Phi) is 3.03. The molecule has 0 fully saturated rings. The first-order valence-corrected chi connectivity index (χ1v) is 4.90. The van der Waals surface area contributed by atoms with Crippen molar-refractivity contribution in [3.8, 4) is 5.75 Å². The van der Waals surface area contributed by atoms with Gasteiger partial charge >= 0.3 is 0 Å². The van der Waals surface area contributed by atoms with Gasteiger partial charge in [0, 0.05) is 0 Å². The molecule has 1 aromatic carbocycles. The highest BCUT2D eigenvalue weighted by molar-refractivity contribution is 5.82. The van der Waals surface area contributed by atoms with Crippen LogP contribution in [0.2, 0.25) is 0 Å². The van der Waals surface area contributed by atoms with Crippen LogP contribution in [0.4, 0.5) is 0 Å². The lowest BCUT2D eigenvalue weighted by Gasteiger charge is -2.28. The predicted molar refractivity (Wildman–Crippen MR) is 59.5 cm³/mol. The summed E-state index contributed by atoms with van der Waals surface area (Å²) < 4.78 is 0. The van der Waals surface area contributed by atoms with E-state index in [1.807, 2.05) is 20.8 Å². The van der Waals surface area contributed by atoms with Gasteiger partial charge in [0.05, 0.1) is 5.92 Å². The van der Waals surface area contributed by atoms with E-state index in [-0.39, 0.29) is 23.0 Å². The summed E-state index contributed by atoms with van der Waals surface area (Å²) in [6.45, 7) is 5.90. The van der Waals surface area contributed by atoms with Crippen molar-refractivity contribution in [3.63, 3.8) is 0 Å². The van der Waals surface area contributed by atoms with Gasteiger partial charge in [0.1, 0.15) is 5.75 Å². The fourth-order valence-corrected chi connectivity index (χ4v) is 1.76. The molecule has 0 spiro atoms. The highest BCUT2D eigenvalue weighted by Gasteiger charge is 2.30. The average Bonchev–Trinajstić information content (AvgIpc) is 2.05. The molecule has 82 valence electrons. The molecule has 0 aliphatic carbocycles. The van der Waals surface area contributed by atoms with Crippen LogP contribution in [0.25, 0.3) is 0 Å². The van der Waals surface area contributed by atoms with Crippen molar-refractivity contribution < 1.29 is 9.90 Å². The smallest absolute Gasteiger partial charge is 0.225 e. The summed E-state index contributed by atoms with van der Waals surface area (Å²) in [6, 6.07) is 6.60. The Hall–Kier alpha value is -1.51. The highest BCUT2D eigenvalue weighted by Crippen LogP contribution is 2.35. The monoisotopic (exact) mass is 207 g/mol. The second-order valence-electron chi connectivity index (χ2n) is 4.79. The normalized spacial score (nSPS) is 13.5. The predicted octanol–water partition coefficient (Wildman–Crippen LogP) is 2.01. The van der Waals surface area contributed by atoms with Crippen molar-refractivity contribution >= 4 is 5.91 Å². The number of nitrogens with two attached hydrogens (primary N) is 1. The number of primary amides is 1. The number of aromatic hydroxyl groups is 1. The van der Waals surface area contributed by atoms with Gasteiger partial charge in [-0.1, -0.05) is 32.9 Å². The van der Waals surface area contributed by atoms with Gasteiger partial charge < -0.3 is 10.8 Å². The van der Waals surface area contributed by atoms with Crippen molar-refractivity contribution in [3.05, 3.63) is 29.8 Å². The van der Waals surface area contributed by atoms with E-state index in [2.05, 4.69) is 0 Å². The Labute approximate surface area is 89.9 Å². The summed E-state index contributed by atoms with van der Waals surface area (Å²) in [4.78, 5) is 11.4. The lowest BCUT2D eigenvalue weighted by Crippen LogP contribution is -2.31. The molecule has 0 unspecified atom stereocenters. The lowest BCUT2D eigenvalue weighted by molar-refractivity contribution is -0.121. The zero-order chi connectivity index (χ0) is 11.6. The third-order valence-corrected chi connectivity index (χ3v) is 2.38. The summed E-state index contributed by atoms with van der Waals surface area (Å²) in [5, 5.41) is 9.16. The molecule has 3 heteroatoms. The Morgan fingerprint density at radius 2 is 1.73 bits per heavy atom. The van der Waals surface area contributed by atoms with Crippen molar-refractivity contribution in [1.82, 2.24) is 0 Å². The van der Waals surface area contributed by atoms with Crippen LogP contribution in [0.3, 0.4) is 0 Å². The van der Waals surface area contributed by atoms with Gasteiger partial charge in [0.25, 0.3) is 0 Å². The molecule has 0 aromatic heterocycles. The molecule has 0 saturated heterocycles. The molecule has 3 N–H and O–H groups in total. The van der Waals surface area contributed by atoms with Crippen molar-refractivity contribution in [2.75, 3.05) is 0 Å². The minimum absolute atomic E-state index is 0.191. The number of phenols is 1. The molecule has 0 saturated carbocycles. The number of carbonyl (C=O) groups is 1. The Morgan fingerprint density at radius 3 is 2.07 bits per heavy atom. The first kappa shape index (κ1) is 11.6. The van der Waals surface area contributed by atoms with Crippen LogP contribution in [-0.4, -0.2) is 11.0 Å². The molecule has 1 amide bonds.